The van der Waals surface area contributed by atoms with Crippen LogP contribution in [0, 0.1) is 5.92 Å². The SMILES string of the molecule is Cn1nnnc1C1(C2CC2)C(=O)Nc2nc(-c3cn4ccnc4c(CCC(F)(F)C(F)(F)F)n3)nc(N)c21. The molecular weight excluding hydrogens is 517 g/mol. The van der Waals surface area contributed by atoms with Gasteiger partial charge < -0.3 is 15.5 Å². The highest BCUT2D eigenvalue weighted by atomic mass is 19.4. The second-order valence-electron chi connectivity index (χ2n) is 9.25. The van der Waals surface area contributed by atoms with E-state index in [0.717, 1.165) is 12.8 Å². The smallest absolute Gasteiger partial charge is 0.383 e. The van der Waals surface area contributed by atoms with Crippen LogP contribution in [-0.2, 0) is 23.7 Å². The summed E-state index contributed by atoms with van der Waals surface area (Å²) in [4.78, 5) is 30.5. The van der Waals surface area contributed by atoms with Crippen molar-refractivity contribution in [2.24, 2.45) is 13.0 Å². The van der Waals surface area contributed by atoms with Crippen molar-refractivity contribution < 1.29 is 26.7 Å². The van der Waals surface area contributed by atoms with E-state index < -0.39 is 36.3 Å². The summed E-state index contributed by atoms with van der Waals surface area (Å²) in [6.45, 7) is 0. The van der Waals surface area contributed by atoms with Gasteiger partial charge in [0.05, 0.1) is 11.3 Å². The van der Waals surface area contributed by atoms with Crippen molar-refractivity contribution in [3.8, 4) is 11.5 Å². The van der Waals surface area contributed by atoms with Gasteiger partial charge in [0, 0.05) is 32.1 Å². The maximum absolute atomic E-state index is 13.6. The zero-order valence-electron chi connectivity index (χ0n) is 19.5. The molecule has 0 aromatic carbocycles. The molecule has 0 radical (unpaired) electrons. The Bertz CT molecular complexity index is 1590. The summed E-state index contributed by atoms with van der Waals surface area (Å²) in [6.07, 6.45) is -2.22. The lowest BCUT2D eigenvalue weighted by molar-refractivity contribution is -0.284. The molecule has 1 fully saturated rings. The molecule has 198 valence electrons. The third-order valence-corrected chi connectivity index (χ3v) is 6.85. The first-order valence-electron chi connectivity index (χ1n) is 11.4. The maximum atomic E-state index is 13.6. The molecule has 1 aliphatic carbocycles. The summed E-state index contributed by atoms with van der Waals surface area (Å²) in [5.41, 5.74) is 5.43. The Balaban J connectivity index is 1.44. The number of hydrogen-bond donors (Lipinski definition) is 2. The molecule has 0 bridgehead atoms. The van der Waals surface area contributed by atoms with Gasteiger partial charge in [-0.05, 0) is 35.6 Å². The first kappa shape index (κ1) is 24.1. The number of nitrogen functional groups attached to an aromatic ring is 1. The topological polar surface area (TPSA) is 155 Å². The van der Waals surface area contributed by atoms with E-state index in [-0.39, 0.29) is 46.2 Å². The Morgan fingerprint density at radius 2 is 1.95 bits per heavy atom. The summed E-state index contributed by atoms with van der Waals surface area (Å²) in [5.74, 6) is -5.17. The van der Waals surface area contributed by atoms with Crippen LogP contribution in [0.4, 0.5) is 33.6 Å². The van der Waals surface area contributed by atoms with E-state index in [9.17, 15) is 26.7 Å². The van der Waals surface area contributed by atoms with Crippen LogP contribution in [0.5, 0.6) is 0 Å². The predicted octanol–water partition coefficient (Wildman–Crippen LogP) is 2.07. The molecule has 6 rings (SSSR count). The van der Waals surface area contributed by atoms with Gasteiger partial charge in [0.15, 0.2) is 17.3 Å². The van der Waals surface area contributed by atoms with Crippen LogP contribution >= 0.6 is 0 Å². The van der Waals surface area contributed by atoms with E-state index in [0.29, 0.717) is 5.56 Å². The van der Waals surface area contributed by atoms with Crippen LogP contribution in [0.3, 0.4) is 0 Å². The Labute approximate surface area is 209 Å². The molecule has 4 aromatic heterocycles. The summed E-state index contributed by atoms with van der Waals surface area (Å²) < 4.78 is 68.2. The van der Waals surface area contributed by atoms with Gasteiger partial charge in [-0.15, -0.1) is 5.10 Å². The quantitative estimate of drug-likeness (QED) is 0.353. The molecule has 3 N–H and O–H groups in total. The van der Waals surface area contributed by atoms with E-state index in [2.05, 4.69) is 40.8 Å². The number of amides is 1. The number of imidazole rings is 1. The molecule has 1 aliphatic heterocycles. The number of halogens is 5. The molecular formula is C21H18F5N11O. The first-order valence-corrected chi connectivity index (χ1v) is 11.4. The lowest BCUT2D eigenvalue weighted by atomic mass is 9.76. The summed E-state index contributed by atoms with van der Waals surface area (Å²) in [5, 5.41) is 14.3. The van der Waals surface area contributed by atoms with Crippen LogP contribution in [-0.4, -0.2) is 62.5 Å². The Morgan fingerprint density at radius 3 is 2.61 bits per heavy atom. The number of carbonyl (C=O) groups is 1. The molecule has 17 heteroatoms. The zero-order chi connectivity index (χ0) is 27.0. The predicted molar refractivity (Wildman–Crippen MR) is 119 cm³/mol. The monoisotopic (exact) mass is 535 g/mol. The average molecular weight is 535 g/mol. The lowest BCUT2D eigenvalue weighted by Gasteiger charge is -2.25. The minimum absolute atomic E-state index is 0.0359. The Hall–Kier alpha value is -4.31. The van der Waals surface area contributed by atoms with Crippen LogP contribution in [0.1, 0.15) is 36.3 Å². The standard InChI is InChI=1S/C21H18F5N11O/c1-36-17(33-34-35-36)20(9-2-3-9)12-13(27)30-14(31-15(12)32-18(20)38)11-8-37-7-6-28-16(37)10(29-11)4-5-19(22,23)21(24,25)26/h6-9H,2-5H2,1H3,(H3,27,30,31,32,38). The van der Waals surface area contributed by atoms with Gasteiger partial charge in [0.25, 0.3) is 0 Å². The highest BCUT2D eigenvalue weighted by Crippen LogP contribution is 2.56. The number of alkyl halides is 5. The molecule has 1 unspecified atom stereocenters. The van der Waals surface area contributed by atoms with Gasteiger partial charge in [-0.25, -0.2) is 24.6 Å². The van der Waals surface area contributed by atoms with Crippen LogP contribution in [0.25, 0.3) is 17.2 Å². The Kier molecular flexibility index (Phi) is 4.97. The number of nitrogens with zero attached hydrogens (tertiary/aromatic N) is 9. The van der Waals surface area contributed by atoms with Crippen molar-refractivity contribution in [1.82, 2.24) is 44.5 Å². The van der Waals surface area contributed by atoms with Gasteiger partial charge in [-0.3, -0.25) is 4.79 Å². The first-order chi connectivity index (χ1) is 17.9. The highest BCUT2D eigenvalue weighted by Gasteiger charge is 2.62. The van der Waals surface area contributed by atoms with E-state index in [1.54, 1.807) is 7.05 Å². The van der Waals surface area contributed by atoms with Gasteiger partial charge >= 0.3 is 12.1 Å². The van der Waals surface area contributed by atoms with Crippen molar-refractivity contribution in [2.45, 2.75) is 43.2 Å². The van der Waals surface area contributed by atoms with Crippen molar-refractivity contribution in [2.75, 3.05) is 11.1 Å². The molecule has 4 aromatic rings. The average Bonchev–Trinajstić information content (AvgIpc) is 3.28. The fraction of sp³-hybridized carbons (Fsp3) is 0.429. The Morgan fingerprint density at radius 1 is 1.18 bits per heavy atom. The number of anilines is 2. The minimum Gasteiger partial charge on any atom is -0.383 e. The van der Waals surface area contributed by atoms with E-state index >= 15 is 0 Å². The summed E-state index contributed by atoms with van der Waals surface area (Å²) in [7, 11) is 1.60. The van der Waals surface area contributed by atoms with Crippen LogP contribution in [0.15, 0.2) is 18.6 Å². The van der Waals surface area contributed by atoms with E-state index in [1.807, 2.05) is 0 Å². The number of aromatic nitrogens is 9. The minimum atomic E-state index is -5.70. The highest BCUT2D eigenvalue weighted by molar-refractivity contribution is 6.09. The number of hydrogen-bond acceptors (Lipinski definition) is 9. The van der Waals surface area contributed by atoms with Gasteiger partial charge in [0.2, 0.25) is 5.91 Å². The van der Waals surface area contributed by atoms with Crippen molar-refractivity contribution in [1.29, 1.82) is 0 Å². The van der Waals surface area contributed by atoms with Crippen molar-refractivity contribution >= 4 is 23.2 Å². The molecule has 38 heavy (non-hydrogen) atoms. The maximum Gasteiger partial charge on any atom is 0.453 e. The van der Waals surface area contributed by atoms with Crippen molar-refractivity contribution in [3.05, 3.63) is 35.7 Å². The second kappa shape index (κ2) is 7.84. The van der Waals surface area contributed by atoms with Gasteiger partial charge in [-0.1, -0.05) is 0 Å². The number of carbonyl (C=O) groups excluding carboxylic acids is 1. The number of rotatable bonds is 6. The largest absolute Gasteiger partial charge is 0.453 e. The molecule has 0 spiro atoms. The van der Waals surface area contributed by atoms with E-state index in [4.69, 9.17) is 5.73 Å². The summed E-state index contributed by atoms with van der Waals surface area (Å²) in [6, 6.07) is 0. The normalized spacial score (nSPS) is 19.7. The number of nitrogens with two attached hydrogens (primary N) is 1. The third-order valence-electron chi connectivity index (χ3n) is 6.85. The van der Waals surface area contributed by atoms with Crippen molar-refractivity contribution in [3.63, 3.8) is 0 Å². The van der Waals surface area contributed by atoms with Crippen LogP contribution < -0.4 is 11.1 Å². The third kappa shape index (κ3) is 3.40. The molecule has 1 amide bonds. The molecule has 0 saturated heterocycles. The number of fused-ring (bicyclic) bond motifs is 2. The lowest BCUT2D eigenvalue weighted by Crippen LogP contribution is -2.41. The fourth-order valence-corrected chi connectivity index (χ4v) is 4.95. The van der Waals surface area contributed by atoms with E-state index in [1.165, 1.54) is 27.7 Å². The molecule has 2 aliphatic rings. The van der Waals surface area contributed by atoms with Gasteiger partial charge in [-0.2, -0.15) is 22.0 Å². The molecule has 12 nitrogen and oxygen atoms in total. The number of aryl methyl sites for hydroxylation is 2. The molecule has 5 heterocycles. The second-order valence-corrected chi connectivity index (χ2v) is 9.25. The fourth-order valence-electron chi connectivity index (χ4n) is 4.95. The van der Waals surface area contributed by atoms with Crippen LogP contribution in [0.2, 0.25) is 0 Å². The summed E-state index contributed by atoms with van der Waals surface area (Å²) >= 11 is 0. The van der Waals surface area contributed by atoms with Gasteiger partial charge in [0.1, 0.15) is 22.7 Å². The number of tetrazole rings is 1. The zero-order valence-corrected chi connectivity index (χ0v) is 19.5. The number of nitrogens with one attached hydrogen (secondary N) is 1. The molecule has 1 saturated carbocycles. The molecule has 1 atom stereocenters.